The maximum atomic E-state index is 4.44. The van der Waals surface area contributed by atoms with E-state index in [0.29, 0.717) is 0 Å². The van der Waals surface area contributed by atoms with Crippen molar-refractivity contribution < 1.29 is 0 Å². The first kappa shape index (κ1) is 8.75. The Morgan fingerprint density at radius 1 is 1.69 bits per heavy atom. The van der Waals surface area contributed by atoms with Gasteiger partial charge in [-0.15, -0.1) is 0 Å². The zero-order chi connectivity index (χ0) is 9.31. The third kappa shape index (κ3) is 1.48. The van der Waals surface area contributed by atoms with Gasteiger partial charge in [0.2, 0.25) is 0 Å². The van der Waals surface area contributed by atoms with Gasteiger partial charge in [0.15, 0.2) is 0 Å². The minimum atomic E-state index is 0.125. The van der Waals surface area contributed by atoms with Crippen molar-refractivity contribution in [3.63, 3.8) is 0 Å². The molecule has 0 aromatic carbocycles. The molecule has 0 aliphatic carbocycles. The Hall–Kier alpha value is -0.830. The minimum absolute atomic E-state index is 0.125. The Bertz CT molecular complexity index is 284. The molecule has 1 N–H and O–H groups in total. The van der Waals surface area contributed by atoms with Crippen LogP contribution in [0.2, 0.25) is 0 Å². The van der Waals surface area contributed by atoms with Crippen LogP contribution < -0.4 is 5.32 Å². The smallest absolute Gasteiger partial charge is 0.0950 e. The van der Waals surface area contributed by atoms with E-state index in [0.717, 1.165) is 13.1 Å². The van der Waals surface area contributed by atoms with Gasteiger partial charge in [0.25, 0.3) is 0 Å². The van der Waals surface area contributed by atoms with Crippen LogP contribution in [0.4, 0.5) is 0 Å². The number of rotatable bonds is 2. The minimum Gasteiger partial charge on any atom is -0.337 e. The van der Waals surface area contributed by atoms with E-state index in [4.69, 9.17) is 0 Å². The normalized spacial score (nSPS) is 28.2. The van der Waals surface area contributed by atoms with Gasteiger partial charge in [-0.1, -0.05) is 0 Å². The van der Waals surface area contributed by atoms with E-state index in [-0.39, 0.29) is 5.54 Å². The lowest BCUT2D eigenvalue weighted by molar-refractivity contribution is 0.423. The van der Waals surface area contributed by atoms with Crippen molar-refractivity contribution in [2.45, 2.75) is 38.8 Å². The number of nitrogens with one attached hydrogen (secondary N) is 1. The summed E-state index contributed by atoms with van der Waals surface area (Å²) in [5.74, 6) is 0. The number of imidazole rings is 1. The maximum Gasteiger partial charge on any atom is 0.0950 e. The third-order valence-electron chi connectivity index (χ3n) is 2.93. The molecule has 1 aliphatic heterocycles. The topological polar surface area (TPSA) is 29.9 Å². The van der Waals surface area contributed by atoms with Crippen LogP contribution in [0.3, 0.4) is 0 Å². The van der Waals surface area contributed by atoms with E-state index in [9.17, 15) is 0 Å². The summed E-state index contributed by atoms with van der Waals surface area (Å²) in [6.07, 6.45) is 6.53. The molecule has 3 heteroatoms. The standard InChI is InChI=1S/C10H17N3/c1-3-13-7-9(11-8-13)10(2)5-4-6-12-10/h7-8,12H,3-6H2,1-2H3. The van der Waals surface area contributed by atoms with E-state index < -0.39 is 0 Å². The Morgan fingerprint density at radius 2 is 2.54 bits per heavy atom. The van der Waals surface area contributed by atoms with E-state index in [1.54, 1.807) is 0 Å². The van der Waals surface area contributed by atoms with Gasteiger partial charge in [-0.2, -0.15) is 0 Å². The van der Waals surface area contributed by atoms with Gasteiger partial charge < -0.3 is 9.88 Å². The van der Waals surface area contributed by atoms with Crippen LogP contribution in [-0.2, 0) is 12.1 Å². The van der Waals surface area contributed by atoms with Gasteiger partial charge in [-0.3, -0.25) is 0 Å². The zero-order valence-electron chi connectivity index (χ0n) is 8.38. The first-order chi connectivity index (χ1) is 6.24. The Morgan fingerprint density at radius 3 is 3.08 bits per heavy atom. The molecule has 1 fully saturated rings. The van der Waals surface area contributed by atoms with Crippen LogP contribution in [-0.4, -0.2) is 16.1 Å². The Kier molecular flexibility index (Phi) is 2.12. The van der Waals surface area contributed by atoms with Crippen molar-refractivity contribution >= 4 is 0 Å². The molecule has 2 heterocycles. The van der Waals surface area contributed by atoms with Crippen LogP contribution in [0, 0.1) is 0 Å². The van der Waals surface area contributed by atoms with E-state index >= 15 is 0 Å². The van der Waals surface area contributed by atoms with Crippen molar-refractivity contribution in [2.75, 3.05) is 6.54 Å². The Labute approximate surface area is 79.2 Å². The van der Waals surface area contributed by atoms with Gasteiger partial charge >= 0.3 is 0 Å². The number of nitrogens with zero attached hydrogens (tertiary/aromatic N) is 2. The molecule has 0 spiro atoms. The lowest BCUT2D eigenvalue weighted by Crippen LogP contribution is -2.33. The molecule has 0 radical (unpaired) electrons. The molecule has 13 heavy (non-hydrogen) atoms. The first-order valence-electron chi connectivity index (χ1n) is 5.02. The predicted molar refractivity (Wildman–Crippen MR) is 52.5 cm³/mol. The highest BCUT2D eigenvalue weighted by Gasteiger charge is 2.31. The maximum absolute atomic E-state index is 4.44. The molecule has 72 valence electrons. The summed E-state index contributed by atoms with van der Waals surface area (Å²) in [5.41, 5.74) is 1.31. The second kappa shape index (κ2) is 3.14. The molecule has 1 atom stereocenters. The van der Waals surface area contributed by atoms with Crippen molar-refractivity contribution in [3.8, 4) is 0 Å². The van der Waals surface area contributed by atoms with Crippen LogP contribution in [0.5, 0.6) is 0 Å². The van der Waals surface area contributed by atoms with Gasteiger partial charge in [-0.05, 0) is 33.2 Å². The van der Waals surface area contributed by atoms with Gasteiger partial charge in [0.1, 0.15) is 0 Å². The van der Waals surface area contributed by atoms with Crippen LogP contribution >= 0.6 is 0 Å². The number of aromatic nitrogens is 2. The van der Waals surface area contributed by atoms with Crippen molar-refractivity contribution in [3.05, 3.63) is 18.2 Å². The molecule has 1 saturated heterocycles. The number of hydrogen-bond donors (Lipinski definition) is 1. The summed E-state index contributed by atoms with van der Waals surface area (Å²) >= 11 is 0. The molecule has 3 nitrogen and oxygen atoms in total. The summed E-state index contributed by atoms with van der Waals surface area (Å²) in [7, 11) is 0. The summed E-state index contributed by atoms with van der Waals surface area (Å²) in [6, 6.07) is 0. The van der Waals surface area contributed by atoms with Gasteiger partial charge in [0, 0.05) is 12.7 Å². The summed E-state index contributed by atoms with van der Waals surface area (Å²) in [5, 5.41) is 3.51. The fourth-order valence-electron chi connectivity index (χ4n) is 1.93. The van der Waals surface area contributed by atoms with Crippen molar-refractivity contribution in [1.29, 1.82) is 0 Å². The lowest BCUT2D eigenvalue weighted by Gasteiger charge is -2.21. The van der Waals surface area contributed by atoms with E-state index in [1.165, 1.54) is 18.5 Å². The molecule has 0 amide bonds. The second-order valence-corrected chi connectivity index (χ2v) is 3.95. The highest BCUT2D eigenvalue weighted by Crippen LogP contribution is 2.28. The highest BCUT2D eigenvalue weighted by molar-refractivity contribution is 5.13. The monoisotopic (exact) mass is 179 g/mol. The van der Waals surface area contributed by atoms with E-state index in [1.807, 2.05) is 6.33 Å². The predicted octanol–water partition coefficient (Wildman–Crippen LogP) is 1.50. The third-order valence-corrected chi connectivity index (χ3v) is 2.93. The second-order valence-electron chi connectivity index (χ2n) is 3.95. The van der Waals surface area contributed by atoms with Gasteiger partial charge in [-0.25, -0.2) is 4.98 Å². The average Bonchev–Trinajstić information content (AvgIpc) is 2.72. The number of aryl methyl sites for hydroxylation is 1. The molecule has 1 aliphatic rings. The molecular formula is C10H17N3. The fraction of sp³-hybridized carbons (Fsp3) is 0.700. The molecule has 2 rings (SSSR count). The van der Waals surface area contributed by atoms with E-state index in [2.05, 4.69) is 34.9 Å². The molecular weight excluding hydrogens is 162 g/mol. The molecule has 1 aromatic heterocycles. The summed E-state index contributed by atoms with van der Waals surface area (Å²) in [6.45, 7) is 6.50. The number of hydrogen-bond acceptors (Lipinski definition) is 2. The van der Waals surface area contributed by atoms with Crippen LogP contribution in [0.25, 0.3) is 0 Å². The molecule has 0 saturated carbocycles. The highest BCUT2D eigenvalue weighted by atomic mass is 15.1. The fourth-order valence-corrected chi connectivity index (χ4v) is 1.93. The van der Waals surface area contributed by atoms with Crippen LogP contribution in [0.1, 0.15) is 32.4 Å². The van der Waals surface area contributed by atoms with Gasteiger partial charge in [0.05, 0.1) is 17.6 Å². The van der Waals surface area contributed by atoms with Crippen molar-refractivity contribution in [2.24, 2.45) is 0 Å². The average molecular weight is 179 g/mol. The molecule has 1 aromatic rings. The SMILES string of the molecule is CCn1cnc(C2(C)CCCN2)c1. The largest absolute Gasteiger partial charge is 0.337 e. The summed E-state index contributed by atoms with van der Waals surface area (Å²) in [4.78, 5) is 4.44. The quantitative estimate of drug-likeness (QED) is 0.745. The molecule has 1 unspecified atom stereocenters. The Balaban J connectivity index is 2.23. The summed E-state index contributed by atoms with van der Waals surface area (Å²) < 4.78 is 2.13. The zero-order valence-corrected chi connectivity index (χ0v) is 8.38. The van der Waals surface area contributed by atoms with Crippen LogP contribution in [0.15, 0.2) is 12.5 Å². The van der Waals surface area contributed by atoms with Crippen molar-refractivity contribution in [1.82, 2.24) is 14.9 Å². The molecule has 0 bridgehead atoms. The first-order valence-corrected chi connectivity index (χ1v) is 5.02. The lowest BCUT2D eigenvalue weighted by atomic mass is 9.97.